The van der Waals surface area contributed by atoms with Gasteiger partial charge in [0.1, 0.15) is 6.54 Å². The van der Waals surface area contributed by atoms with E-state index in [0.717, 1.165) is 24.9 Å². The molecule has 1 aliphatic rings. The summed E-state index contributed by atoms with van der Waals surface area (Å²) in [5.74, 6) is 0.0546. The van der Waals surface area contributed by atoms with Gasteiger partial charge in [-0.1, -0.05) is 12.1 Å². The Bertz CT molecular complexity index is 723. The second-order valence-electron chi connectivity index (χ2n) is 5.57. The Morgan fingerprint density at radius 3 is 2.90 bits per heavy atom. The van der Waals surface area contributed by atoms with E-state index >= 15 is 0 Å². The van der Waals surface area contributed by atoms with E-state index in [9.17, 15) is 9.59 Å². The molecule has 0 saturated carbocycles. The van der Waals surface area contributed by atoms with Gasteiger partial charge in [0, 0.05) is 36.8 Å². The molecule has 0 bridgehead atoms. The van der Waals surface area contributed by atoms with E-state index in [1.54, 1.807) is 12.3 Å². The van der Waals surface area contributed by atoms with Crippen molar-refractivity contribution < 1.29 is 4.79 Å². The third-order valence-corrected chi connectivity index (χ3v) is 4.00. The summed E-state index contributed by atoms with van der Waals surface area (Å²) in [5, 5.41) is 0.642. The lowest BCUT2D eigenvalue weighted by atomic mass is 10.1. The SMILES string of the molecule is N[C@H]1CCCN(C(=O)Cn2ccc(=O)c3ccccc32)C1. The second kappa shape index (κ2) is 5.69. The number of carbonyl (C=O) groups is 1. The average molecular weight is 285 g/mol. The highest BCUT2D eigenvalue weighted by Crippen LogP contribution is 2.12. The van der Waals surface area contributed by atoms with Crippen LogP contribution < -0.4 is 11.2 Å². The Morgan fingerprint density at radius 1 is 1.29 bits per heavy atom. The van der Waals surface area contributed by atoms with Crippen LogP contribution in [0.25, 0.3) is 10.9 Å². The summed E-state index contributed by atoms with van der Waals surface area (Å²) >= 11 is 0. The van der Waals surface area contributed by atoms with Gasteiger partial charge in [0.15, 0.2) is 5.43 Å². The number of para-hydroxylation sites is 1. The van der Waals surface area contributed by atoms with E-state index in [0.29, 0.717) is 11.9 Å². The molecular formula is C16H19N3O2. The van der Waals surface area contributed by atoms with E-state index in [4.69, 9.17) is 5.73 Å². The van der Waals surface area contributed by atoms with Crippen LogP contribution in [-0.4, -0.2) is 34.5 Å². The number of hydrogen-bond donors (Lipinski definition) is 1. The number of fused-ring (bicyclic) bond motifs is 1. The van der Waals surface area contributed by atoms with E-state index in [-0.39, 0.29) is 23.9 Å². The van der Waals surface area contributed by atoms with Gasteiger partial charge in [-0.2, -0.15) is 0 Å². The smallest absolute Gasteiger partial charge is 0.242 e. The predicted molar refractivity (Wildman–Crippen MR) is 82.0 cm³/mol. The first-order chi connectivity index (χ1) is 10.1. The second-order valence-corrected chi connectivity index (χ2v) is 5.57. The van der Waals surface area contributed by atoms with Gasteiger partial charge >= 0.3 is 0 Å². The fourth-order valence-corrected chi connectivity index (χ4v) is 2.88. The Hall–Kier alpha value is -2.14. The molecule has 2 heterocycles. The zero-order valence-corrected chi connectivity index (χ0v) is 11.9. The molecule has 2 aromatic rings. The van der Waals surface area contributed by atoms with E-state index < -0.39 is 0 Å². The first kappa shape index (κ1) is 13.8. The minimum atomic E-state index is -0.0192. The molecule has 1 fully saturated rings. The van der Waals surface area contributed by atoms with Crippen LogP contribution in [0.1, 0.15) is 12.8 Å². The van der Waals surface area contributed by atoms with Gasteiger partial charge in [0.25, 0.3) is 0 Å². The van der Waals surface area contributed by atoms with Gasteiger partial charge in [-0.05, 0) is 25.0 Å². The van der Waals surface area contributed by atoms with E-state index in [2.05, 4.69) is 0 Å². The third kappa shape index (κ3) is 2.83. The largest absolute Gasteiger partial charge is 0.340 e. The molecule has 5 nitrogen and oxygen atoms in total. The van der Waals surface area contributed by atoms with Crippen molar-refractivity contribution in [2.45, 2.75) is 25.4 Å². The number of carbonyl (C=O) groups excluding carboxylic acids is 1. The minimum Gasteiger partial charge on any atom is -0.340 e. The van der Waals surface area contributed by atoms with Gasteiger partial charge in [0.2, 0.25) is 5.91 Å². The van der Waals surface area contributed by atoms with Crippen molar-refractivity contribution in [3.05, 3.63) is 46.8 Å². The molecule has 5 heteroatoms. The van der Waals surface area contributed by atoms with Crippen molar-refractivity contribution in [3.8, 4) is 0 Å². The number of aromatic nitrogens is 1. The molecule has 1 aromatic carbocycles. The zero-order chi connectivity index (χ0) is 14.8. The fourth-order valence-electron chi connectivity index (χ4n) is 2.88. The lowest BCUT2D eigenvalue weighted by molar-refractivity contribution is -0.132. The van der Waals surface area contributed by atoms with Gasteiger partial charge < -0.3 is 15.2 Å². The first-order valence-electron chi connectivity index (χ1n) is 7.27. The van der Waals surface area contributed by atoms with Crippen molar-refractivity contribution in [1.29, 1.82) is 0 Å². The van der Waals surface area contributed by atoms with Gasteiger partial charge in [-0.15, -0.1) is 0 Å². The van der Waals surface area contributed by atoms with Crippen LogP contribution in [0.5, 0.6) is 0 Å². The lowest BCUT2D eigenvalue weighted by Crippen LogP contribution is -2.46. The monoisotopic (exact) mass is 285 g/mol. The Labute approximate surface area is 123 Å². The van der Waals surface area contributed by atoms with Crippen LogP contribution in [0.2, 0.25) is 0 Å². The highest BCUT2D eigenvalue weighted by Gasteiger charge is 2.21. The van der Waals surface area contributed by atoms with Crippen molar-refractivity contribution in [1.82, 2.24) is 9.47 Å². The van der Waals surface area contributed by atoms with E-state index in [1.807, 2.05) is 27.7 Å². The molecule has 1 aliphatic heterocycles. The molecule has 21 heavy (non-hydrogen) atoms. The van der Waals surface area contributed by atoms with Crippen LogP contribution >= 0.6 is 0 Å². The summed E-state index contributed by atoms with van der Waals surface area (Å²) in [4.78, 5) is 26.1. The predicted octanol–water partition coefficient (Wildman–Crippen LogP) is 0.951. The molecule has 1 aromatic heterocycles. The molecule has 0 spiro atoms. The van der Waals surface area contributed by atoms with Crippen LogP contribution in [0, 0.1) is 0 Å². The number of benzene rings is 1. The molecule has 1 amide bonds. The molecule has 1 atom stereocenters. The zero-order valence-electron chi connectivity index (χ0n) is 11.9. The number of likely N-dealkylation sites (tertiary alicyclic amines) is 1. The maximum absolute atomic E-state index is 12.4. The fraction of sp³-hybridized carbons (Fsp3) is 0.375. The Morgan fingerprint density at radius 2 is 2.10 bits per heavy atom. The summed E-state index contributed by atoms with van der Waals surface area (Å²) in [6, 6.07) is 8.95. The van der Waals surface area contributed by atoms with Gasteiger partial charge in [-0.3, -0.25) is 9.59 Å². The summed E-state index contributed by atoms with van der Waals surface area (Å²) in [6.07, 6.45) is 3.62. The highest BCUT2D eigenvalue weighted by atomic mass is 16.2. The Balaban J connectivity index is 1.86. The number of nitrogens with zero attached hydrogens (tertiary/aromatic N) is 2. The van der Waals surface area contributed by atoms with Crippen molar-refractivity contribution in [2.24, 2.45) is 5.73 Å². The maximum atomic E-state index is 12.4. The topological polar surface area (TPSA) is 68.3 Å². The van der Waals surface area contributed by atoms with E-state index in [1.165, 1.54) is 6.07 Å². The summed E-state index contributed by atoms with van der Waals surface area (Å²) in [7, 11) is 0. The molecule has 0 unspecified atom stereocenters. The maximum Gasteiger partial charge on any atom is 0.242 e. The molecule has 1 saturated heterocycles. The van der Waals surface area contributed by atoms with Gasteiger partial charge in [-0.25, -0.2) is 0 Å². The van der Waals surface area contributed by atoms with Crippen LogP contribution in [0.4, 0.5) is 0 Å². The normalized spacial score (nSPS) is 18.9. The molecule has 0 aliphatic carbocycles. The lowest BCUT2D eigenvalue weighted by Gasteiger charge is -2.31. The van der Waals surface area contributed by atoms with Crippen LogP contribution in [0.15, 0.2) is 41.3 Å². The molecule has 2 N–H and O–H groups in total. The molecule has 0 radical (unpaired) electrons. The summed E-state index contributed by atoms with van der Waals surface area (Å²) in [5.41, 5.74) is 6.70. The van der Waals surface area contributed by atoms with Crippen LogP contribution in [-0.2, 0) is 11.3 Å². The number of pyridine rings is 1. The quantitative estimate of drug-likeness (QED) is 0.893. The highest BCUT2D eigenvalue weighted by molar-refractivity contribution is 5.82. The third-order valence-electron chi connectivity index (χ3n) is 4.00. The average Bonchev–Trinajstić information content (AvgIpc) is 2.50. The van der Waals surface area contributed by atoms with Gasteiger partial charge in [0.05, 0.1) is 5.52 Å². The standard InChI is InChI=1S/C16H19N3O2/c17-12-4-3-8-19(10-12)16(21)11-18-9-7-15(20)13-5-1-2-6-14(13)18/h1-2,5-7,9,12H,3-4,8,10-11,17H2/t12-/m0/s1. The first-order valence-corrected chi connectivity index (χ1v) is 7.27. The number of nitrogens with two attached hydrogens (primary N) is 1. The molecule has 110 valence electrons. The number of rotatable bonds is 2. The number of amides is 1. The number of piperidine rings is 1. The molecular weight excluding hydrogens is 266 g/mol. The molecule has 3 rings (SSSR count). The van der Waals surface area contributed by atoms with Crippen molar-refractivity contribution >= 4 is 16.8 Å². The minimum absolute atomic E-state index is 0.0192. The van der Waals surface area contributed by atoms with Crippen molar-refractivity contribution in [2.75, 3.05) is 13.1 Å². The Kier molecular flexibility index (Phi) is 3.75. The summed E-state index contributed by atoms with van der Waals surface area (Å²) < 4.78 is 1.83. The number of hydrogen-bond acceptors (Lipinski definition) is 3. The van der Waals surface area contributed by atoms with Crippen molar-refractivity contribution in [3.63, 3.8) is 0 Å². The van der Waals surface area contributed by atoms with Crippen LogP contribution in [0.3, 0.4) is 0 Å². The summed E-state index contributed by atoms with van der Waals surface area (Å²) in [6.45, 7) is 1.63.